The summed E-state index contributed by atoms with van der Waals surface area (Å²) in [5.74, 6) is 1.41. The van der Waals surface area contributed by atoms with Gasteiger partial charge in [-0.15, -0.1) is 0 Å². The highest BCUT2D eigenvalue weighted by molar-refractivity contribution is 9.10. The first kappa shape index (κ1) is 13.6. The van der Waals surface area contributed by atoms with E-state index in [2.05, 4.69) is 53.8 Å². The molecule has 0 N–H and O–H groups in total. The minimum atomic E-state index is 0.566. The number of hydrogen-bond acceptors (Lipinski definition) is 2. The summed E-state index contributed by atoms with van der Waals surface area (Å²) >= 11 is 3.59. The maximum atomic E-state index is 5.81. The van der Waals surface area contributed by atoms with Crippen molar-refractivity contribution >= 4 is 27.0 Å². The molecule has 0 radical (unpaired) electrons. The summed E-state index contributed by atoms with van der Waals surface area (Å²) in [6.45, 7) is 6.57. The maximum Gasteiger partial charge on any atom is 0.195 e. The summed E-state index contributed by atoms with van der Waals surface area (Å²) in [4.78, 5) is 4.59. The lowest BCUT2D eigenvalue weighted by Gasteiger charge is -2.00. The Morgan fingerprint density at radius 1 is 1.33 bits per heavy atom. The first-order valence-electron chi connectivity index (χ1n) is 6.68. The largest absolute Gasteiger partial charge is 0.439 e. The number of aromatic nitrogens is 1. The minimum absolute atomic E-state index is 0.566. The maximum absolute atomic E-state index is 5.81. The fourth-order valence-electron chi connectivity index (χ4n) is 2.05. The second kappa shape index (κ2) is 5.87. The van der Waals surface area contributed by atoms with Gasteiger partial charge in [0.1, 0.15) is 5.52 Å². The average molecular weight is 310 g/mol. The van der Waals surface area contributed by atoms with E-state index in [-0.39, 0.29) is 0 Å². The molecule has 98 valence electrons. The van der Waals surface area contributed by atoms with Gasteiger partial charge in [-0.2, -0.15) is 0 Å². The first-order chi connectivity index (χ1) is 8.60. The highest BCUT2D eigenvalue weighted by Gasteiger charge is 2.11. The molecule has 0 amide bonds. The van der Waals surface area contributed by atoms with Gasteiger partial charge in [-0.25, -0.2) is 4.98 Å². The number of oxazole rings is 1. The van der Waals surface area contributed by atoms with Crippen LogP contribution in [0.1, 0.15) is 45.1 Å². The Morgan fingerprint density at radius 3 is 2.78 bits per heavy atom. The number of aryl methyl sites for hydroxylation is 1. The van der Waals surface area contributed by atoms with E-state index in [1.54, 1.807) is 0 Å². The molecule has 0 atom stereocenters. The molecule has 2 aromatic rings. The first-order valence-corrected chi connectivity index (χ1v) is 7.47. The van der Waals surface area contributed by atoms with Crippen LogP contribution in [0, 0.1) is 5.92 Å². The summed E-state index contributed by atoms with van der Waals surface area (Å²) in [5, 5.41) is 0. The van der Waals surface area contributed by atoms with Gasteiger partial charge in [0.25, 0.3) is 0 Å². The second-order valence-electron chi connectivity index (χ2n) is 5.24. The Hall–Kier alpha value is -0.830. The highest BCUT2D eigenvalue weighted by atomic mass is 79.9. The third-order valence-electron chi connectivity index (χ3n) is 2.95. The third-order valence-corrected chi connectivity index (χ3v) is 3.54. The molecule has 0 aliphatic heterocycles. The van der Waals surface area contributed by atoms with E-state index in [0.29, 0.717) is 5.92 Å². The molecule has 0 fully saturated rings. The van der Waals surface area contributed by atoms with E-state index >= 15 is 0 Å². The van der Waals surface area contributed by atoms with Crippen LogP contribution in [-0.4, -0.2) is 4.98 Å². The molecule has 2 nitrogen and oxygen atoms in total. The van der Waals surface area contributed by atoms with Crippen molar-refractivity contribution in [2.75, 3.05) is 0 Å². The predicted molar refractivity (Wildman–Crippen MR) is 78.9 cm³/mol. The minimum Gasteiger partial charge on any atom is -0.439 e. The zero-order valence-corrected chi connectivity index (χ0v) is 12.9. The fourth-order valence-corrected chi connectivity index (χ4v) is 2.63. The standard InChI is InChI=1S/C15H20BrNO/c1-4-5-6-11-8-12(16)15-13(9-11)17-14(18-15)7-10(2)3/h8-10H,4-7H2,1-3H3. The topological polar surface area (TPSA) is 26.0 Å². The second-order valence-corrected chi connectivity index (χ2v) is 6.09. The van der Waals surface area contributed by atoms with E-state index in [9.17, 15) is 0 Å². The van der Waals surface area contributed by atoms with Gasteiger partial charge in [-0.05, 0) is 52.4 Å². The summed E-state index contributed by atoms with van der Waals surface area (Å²) in [5.41, 5.74) is 3.19. The molecule has 0 aliphatic rings. The molecule has 0 bridgehead atoms. The Bertz CT molecular complexity index is 531. The normalized spacial score (nSPS) is 11.6. The Labute approximate surface area is 117 Å². The number of unbranched alkanes of at least 4 members (excludes halogenated alkanes) is 1. The van der Waals surface area contributed by atoms with E-state index in [1.807, 2.05) is 0 Å². The lowest BCUT2D eigenvalue weighted by atomic mass is 10.1. The monoisotopic (exact) mass is 309 g/mol. The number of fused-ring (bicyclic) bond motifs is 1. The predicted octanol–water partition coefficient (Wildman–Crippen LogP) is 5.13. The molecule has 18 heavy (non-hydrogen) atoms. The molecule has 0 unspecified atom stereocenters. The van der Waals surface area contributed by atoms with Gasteiger partial charge in [0, 0.05) is 6.42 Å². The quantitative estimate of drug-likeness (QED) is 0.765. The van der Waals surface area contributed by atoms with Crippen molar-refractivity contribution in [2.24, 2.45) is 5.92 Å². The molecule has 0 aliphatic carbocycles. The Morgan fingerprint density at radius 2 is 2.11 bits per heavy atom. The molecule has 2 rings (SSSR count). The molecular formula is C15H20BrNO. The van der Waals surface area contributed by atoms with Crippen molar-refractivity contribution in [3.63, 3.8) is 0 Å². The van der Waals surface area contributed by atoms with Crippen molar-refractivity contribution in [3.05, 3.63) is 28.1 Å². The fraction of sp³-hybridized carbons (Fsp3) is 0.533. The number of nitrogens with zero attached hydrogens (tertiary/aromatic N) is 1. The highest BCUT2D eigenvalue weighted by Crippen LogP contribution is 2.28. The summed E-state index contributed by atoms with van der Waals surface area (Å²) in [6, 6.07) is 4.31. The lowest BCUT2D eigenvalue weighted by Crippen LogP contribution is -1.93. The van der Waals surface area contributed by atoms with Crippen molar-refractivity contribution in [3.8, 4) is 0 Å². The van der Waals surface area contributed by atoms with E-state index in [0.717, 1.165) is 34.3 Å². The molecule has 0 spiro atoms. The molecule has 1 aromatic heterocycles. The van der Waals surface area contributed by atoms with Crippen molar-refractivity contribution in [1.29, 1.82) is 0 Å². The molecular weight excluding hydrogens is 290 g/mol. The zero-order valence-electron chi connectivity index (χ0n) is 11.3. The van der Waals surface area contributed by atoms with Crippen LogP contribution in [0.2, 0.25) is 0 Å². The number of benzene rings is 1. The molecule has 0 saturated carbocycles. The van der Waals surface area contributed by atoms with Crippen LogP contribution in [0.4, 0.5) is 0 Å². The SMILES string of the molecule is CCCCc1cc(Br)c2oc(CC(C)C)nc2c1. The lowest BCUT2D eigenvalue weighted by molar-refractivity contribution is 0.481. The number of hydrogen-bond donors (Lipinski definition) is 0. The van der Waals surface area contributed by atoms with Gasteiger partial charge < -0.3 is 4.42 Å². The van der Waals surface area contributed by atoms with Gasteiger partial charge >= 0.3 is 0 Å². The van der Waals surface area contributed by atoms with Crippen molar-refractivity contribution < 1.29 is 4.42 Å². The molecule has 3 heteroatoms. The third kappa shape index (κ3) is 3.14. The summed E-state index contributed by atoms with van der Waals surface area (Å²) in [6.07, 6.45) is 4.44. The number of rotatable bonds is 5. The summed E-state index contributed by atoms with van der Waals surface area (Å²) < 4.78 is 6.83. The van der Waals surface area contributed by atoms with Gasteiger partial charge in [-0.3, -0.25) is 0 Å². The molecule has 0 saturated heterocycles. The van der Waals surface area contributed by atoms with Crippen LogP contribution in [-0.2, 0) is 12.8 Å². The van der Waals surface area contributed by atoms with Crippen LogP contribution in [0.3, 0.4) is 0 Å². The van der Waals surface area contributed by atoms with Crippen molar-refractivity contribution in [1.82, 2.24) is 4.98 Å². The van der Waals surface area contributed by atoms with Crippen LogP contribution in [0.5, 0.6) is 0 Å². The van der Waals surface area contributed by atoms with Gasteiger partial charge in [0.05, 0.1) is 4.47 Å². The van der Waals surface area contributed by atoms with Gasteiger partial charge in [-0.1, -0.05) is 27.2 Å². The van der Waals surface area contributed by atoms with Gasteiger partial charge in [0.15, 0.2) is 11.5 Å². The smallest absolute Gasteiger partial charge is 0.195 e. The van der Waals surface area contributed by atoms with Gasteiger partial charge in [0.2, 0.25) is 0 Å². The van der Waals surface area contributed by atoms with Crippen LogP contribution in [0.25, 0.3) is 11.1 Å². The van der Waals surface area contributed by atoms with Crippen LogP contribution >= 0.6 is 15.9 Å². The average Bonchev–Trinajstić information content (AvgIpc) is 2.68. The van der Waals surface area contributed by atoms with Crippen molar-refractivity contribution in [2.45, 2.75) is 46.5 Å². The van der Waals surface area contributed by atoms with Crippen LogP contribution < -0.4 is 0 Å². The molecule has 1 heterocycles. The number of halogens is 1. The molecule has 1 aromatic carbocycles. The van der Waals surface area contributed by atoms with E-state index in [4.69, 9.17) is 4.42 Å². The Balaban J connectivity index is 2.33. The summed E-state index contributed by atoms with van der Waals surface area (Å²) in [7, 11) is 0. The zero-order chi connectivity index (χ0) is 13.1. The van der Waals surface area contributed by atoms with E-state index in [1.165, 1.54) is 18.4 Å². The Kier molecular flexibility index (Phi) is 4.44. The van der Waals surface area contributed by atoms with E-state index < -0.39 is 0 Å². The van der Waals surface area contributed by atoms with Crippen LogP contribution in [0.15, 0.2) is 21.0 Å².